The molecule has 0 aliphatic carbocycles. The summed E-state index contributed by atoms with van der Waals surface area (Å²) in [6.45, 7) is 2.70. The number of H-pyrrole nitrogens is 1. The van der Waals surface area contributed by atoms with Gasteiger partial charge in [0, 0.05) is 55.1 Å². The van der Waals surface area contributed by atoms with Gasteiger partial charge in [-0.3, -0.25) is 0 Å². The number of aromatic amines is 1. The molecule has 0 atom stereocenters. The predicted molar refractivity (Wildman–Crippen MR) is 132 cm³/mol. The van der Waals surface area contributed by atoms with E-state index in [2.05, 4.69) is 25.3 Å². The molecule has 176 valence electrons. The molecule has 0 amide bonds. The Balaban J connectivity index is 1.46. The first-order chi connectivity index (χ1) is 17.1. The van der Waals surface area contributed by atoms with Crippen LogP contribution in [-0.2, 0) is 0 Å². The molecule has 2 N–H and O–H groups in total. The summed E-state index contributed by atoms with van der Waals surface area (Å²) in [4.78, 5) is 18.1. The lowest BCUT2D eigenvalue weighted by Gasteiger charge is -2.30. The van der Waals surface area contributed by atoms with Gasteiger partial charge in [-0.15, -0.1) is 0 Å². The lowest BCUT2D eigenvalue weighted by molar-refractivity contribution is 0.402. The van der Waals surface area contributed by atoms with E-state index < -0.39 is 11.6 Å². The van der Waals surface area contributed by atoms with E-state index in [0.717, 1.165) is 40.5 Å². The quantitative estimate of drug-likeness (QED) is 0.400. The molecule has 0 unspecified atom stereocenters. The van der Waals surface area contributed by atoms with Crippen LogP contribution >= 0.6 is 0 Å². The molecule has 7 nitrogen and oxygen atoms in total. The highest BCUT2D eigenvalue weighted by Gasteiger charge is 2.20. The first kappa shape index (κ1) is 21.4. The van der Waals surface area contributed by atoms with Crippen molar-refractivity contribution in [2.75, 3.05) is 38.2 Å². The van der Waals surface area contributed by atoms with Crippen LogP contribution in [0.1, 0.15) is 0 Å². The van der Waals surface area contributed by atoms with Crippen LogP contribution in [0.15, 0.2) is 55.1 Å². The van der Waals surface area contributed by atoms with Crippen LogP contribution in [0, 0.1) is 11.6 Å². The fraction of sp³-hybridized carbons (Fsp3) is 0.192. The van der Waals surface area contributed by atoms with Crippen molar-refractivity contribution in [1.82, 2.24) is 25.3 Å². The van der Waals surface area contributed by atoms with E-state index in [9.17, 15) is 8.78 Å². The molecule has 0 radical (unpaired) electrons. The van der Waals surface area contributed by atoms with Gasteiger partial charge in [-0.2, -0.15) is 0 Å². The Morgan fingerprint density at radius 1 is 0.914 bits per heavy atom. The van der Waals surface area contributed by atoms with Crippen molar-refractivity contribution >= 4 is 27.6 Å². The average molecular weight is 472 g/mol. The number of anilines is 1. The zero-order valence-corrected chi connectivity index (χ0v) is 19.0. The van der Waals surface area contributed by atoms with E-state index in [1.54, 1.807) is 19.4 Å². The van der Waals surface area contributed by atoms with Crippen LogP contribution in [0.25, 0.3) is 44.2 Å². The van der Waals surface area contributed by atoms with Gasteiger partial charge in [0.25, 0.3) is 0 Å². The summed E-state index contributed by atoms with van der Waals surface area (Å²) in [5.74, 6) is -1.19. The number of pyridine rings is 1. The highest BCUT2D eigenvalue weighted by Crippen LogP contribution is 2.35. The van der Waals surface area contributed by atoms with E-state index in [0.29, 0.717) is 35.7 Å². The minimum absolute atomic E-state index is 0.275. The van der Waals surface area contributed by atoms with Crippen LogP contribution in [-0.4, -0.2) is 53.2 Å². The van der Waals surface area contributed by atoms with Crippen molar-refractivity contribution in [3.8, 4) is 28.1 Å². The topological polar surface area (TPSA) is 79.0 Å². The number of hydrogen-bond donors (Lipinski definition) is 2. The number of piperazine rings is 1. The molecule has 2 aromatic carbocycles. The Bertz CT molecular complexity index is 1560. The molecular weight excluding hydrogens is 450 g/mol. The first-order valence-electron chi connectivity index (χ1n) is 11.3. The summed E-state index contributed by atoms with van der Waals surface area (Å²) in [6, 6.07) is 10.8. The second kappa shape index (κ2) is 8.59. The van der Waals surface area contributed by atoms with Crippen molar-refractivity contribution in [1.29, 1.82) is 0 Å². The number of methoxy groups -OCH3 is 1. The second-order valence-electron chi connectivity index (χ2n) is 8.47. The Kier molecular flexibility index (Phi) is 5.26. The highest BCUT2D eigenvalue weighted by molar-refractivity contribution is 5.98. The van der Waals surface area contributed by atoms with Crippen LogP contribution in [0.2, 0.25) is 0 Å². The molecule has 6 rings (SSSR count). The number of benzene rings is 2. The normalized spacial score (nSPS) is 14.1. The van der Waals surface area contributed by atoms with Crippen molar-refractivity contribution < 1.29 is 13.5 Å². The molecular formula is C26H22F2N6O. The molecule has 5 aromatic rings. The van der Waals surface area contributed by atoms with Gasteiger partial charge < -0.3 is 19.9 Å². The lowest BCUT2D eigenvalue weighted by atomic mass is 10.0. The largest absolute Gasteiger partial charge is 0.480 e. The van der Waals surface area contributed by atoms with Crippen LogP contribution < -0.4 is 15.0 Å². The zero-order chi connectivity index (χ0) is 23.9. The van der Waals surface area contributed by atoms with E-state index >= 15 is 0 Å². The Morgan fingerprint density at radius 2 is 1.74 bits per heavy atom. The monoisotopic (exact) mass is 472 g/mol. The molecule has 1 fully saturated rings. The number of aromatic nitrogens is 4. The average Bonchev–Trinajstić information content (AvgIpc) is 3.33. The summed E-state index contributed by atoms with van der Waals surface area (Å²) < 4.78 is 34.7. The van der Waals surface area contributed by atoms with Gasteiger partial charge in [0.2, 0.25) is 5.88 Å². The highest BCUT2D eigenvalue weighted by atomic mass is 19.2. The number of nitrogens with one attached hydrogen (secondary N) is 2. The molecule has 9 heteroatoms. The molecule has 35 heavy (non-hydrogen) atoms. The van der Waals surface area contributed by atoms with Crippen LogP contribution in [0.3, 0.4) is 0 Å². The third kappa shape index (κ3) is 3.74. The summed E-state index contributed by atoms with van der Waals surface area (Å²) in [5.41, 5.74) is 4.89. The maximum atomic E-state index is 14.7. The Labute approximate surface area is 199 Å². The van der Waals surface area contributed by atoms with Gasteiger partial charge in [-0.25, -0.2) is 23.7 Å². The number of hydrogen-bond acceptors (Lipinski definition) is 6. The standard InChI is InChI=1S/C26H22F2N6O/c1-35-26-19-8-15(2-3-22(19)32-14-33-26)20-13-31-25-18(20)9-17(12-30-25)16-10-21(27)24(28)23(11-16)34-6-4-29-5-7-34/h2-3,8-14,29H,4-7H2,1H3,(H,30,31). The molecule has 1 aliphatic rings. The molecule has 4 heterocycles. The number of fused-ring (bicyclic) bond motifs is 2. The molecule has 0 bridgehead atoms. The first-order valence-corrected chi connectivity index (χ1v) is 11.3. The minimum Gasteiger partial charge on any atom is -0.480 e. The molecule has 0 spiro atoms. The predicted octanol–water partition coefficient (Wildman–Crippen LogP) is 4.54. The fourth-order valence-corrected chi connectivity index (χ4v) is 4.64. The van der Waals surface area contributed by atoms with Crippen LogP contribution in [0.5, 0.6) is 5.88 Å². The maximum absolute atomic E-state index is 14.7. The Morgan fingerprint density at radius 3 is 2.57 bits per heavy atom. The summed E-state index contributed by atoms with van der Waals surface area (Å²) in [7, 11) is 1.58. The Hall–Kier alpha value is -4.11. The van der Waals surface area contributed by atoms with Gasteiger partial charge in [0.1, 0.15) is 12.0 Å². The van der Waals surface area contributed by atoms with Gasteiger partial charge in [-0.1, -0.05) is 6.07 Å². The van der Waals surface area contributed by atoms with Gasteiger partial charge >= 0.3 is 0 Å². The van der Waals surface area contributed by atoms with E-state index in [1.807, 2.05) is 35.4 Å². The van der Waals surface area contributed by atoms with Gasteiger partial charge in [0.05, 0.1) is 23.7 Å². The lowest BCUT2D eigenvalue weighted by Crippen LogP contribution is -2.44. The summed E-state index contributed by atoms with van der Waals surface area (Å²) in [6.07, 6.45) is 5.03. The van der Waals surface area contributed by atoms with E-state index in [1.165, 1.54) is 12.4 Å². The summed E-state index contributed by atoms with van der Waals surface area (Å²) >= 11 is 0. The van der Waals surface area contributed by atoms with E-state index in [-0.39, 0.29) is 5.69 Å². The number of ether oxygens (including phenoxy) is 1. The van der Waals surface area contributed by atoms with Crippen molar-refractivity contribution in [3.05, 3.63) is 66.8 Å². The SMILES string of the molecule is COc1ncnc2ccc(-c3c[nH]c4ncc(-c5cc(F)c(F)c(N6CCNCC6)c5)cc34)cc12. The smallest absolute Gasteiger partial charge is 0.224 e. The van der Waals surface area contributed by atoms with Crippen LogP contribution in [0.4, 0.5) is 14.5 Å². The number of rotatable bonds is 4. The molecule has 1 aliphatic heterocycles. The third-order valence-corrected chi connectivity index (χ3v) is 6.43. The number of nitrogens with zero attached hydrogens (tertiary/aromatic N) is 4. The van der Waals surface area contributed by atoms with Gasteiger partial charge in [-0.05, 0) is 41.5 Å². The fourth-order valence-electron chi connectivity index (χ4n) is 4.64. The third-order valence-electron chi connectivity index (χ3n) is 6.43. The molecule has 0 saturated carbocycles. The zero-order valence-electron chi connectivity index (χ0n) is 19.0. The minimum atomic E-state index is -0.868. The van der Waals surface area contributed by atoms with Gasteiger partial charge in [0.15, 0.2) is 11.6 Å². The maximum Gasteiger partial charge on any atom is 0.224 e. The molecule has 1 saturated heterocycles. The van der Waals surface area contributed by atoms with Crippen molar-refractivity contribution in [2.45, 2.75) is 0 Å². The van der Waals surface area contributed by atoms with E-state index in [4.69, 9.17) is 4.74 Å². The molecule has 3 aromatic heterocycles. The van der Waals surface area contributed by atoms with Crippen molar-refractivity contribution in [2.24, 2.45) is 0 Å². The second-order valence-corrected chi connectivity index (χ2v) is 8.47. The summed E-state index contributed by atoms with van der Waals surface area (Å²) in [5, 5.41) is 4.90. The van der Waals surface area contributed by atoms with Crippen molar-refractivity contribution in [3.63, 3.8) is 0 Å². The number of halogens is 2.